The normalized spacial score (nSPS) is 11.9. The van der Waals surface area contributed by atoms with E-state index in [0.717, 1.165) is 18.4 Å². The van der Waals surface area contributed by atoms with Gasteiger partial charge in [0.2, 0.25) is 0 Å². The Morgan fingerprint density at radius 3 is 2.47 bits per heavy atom. The fourth-order valence-electron chi connectivity index (χ4n) is 1.51. The lowest BCUT2D eigenvalue weighted by Crippen LogP contribution is -2.32. The van der Waals surface area contributed by atoms with Crippen LogP contribution in [0.3, 0.4) is 0 Å². The molecule has 0 aliphatic rings. The lowest BCUT2D eigenvalue weighted by molar-refractivity contribution is -0.138. The van der Waals surface area contributed by atoms with Crippen LogP contribution in [0.1, 0.15) is 35.7 Å². The maximum Gasteiger partial charge on any atom is 0.338 e. The quantitative estimate of drug-likeness (QED) is 0.577. The van der Waals surface area contributed by atoms with Crippen molar-refractivity contribution >= 4 is 11.9 Å². The second-order valence-corrected chi connectivity index (χ2v) is 4.34. The number of hydrogen-bond acceptors (Lipinski definition) is 4. The molecule has 19 heavy (non-hydrogen) atoms. The second kappa shape index (κ2) is 7.53. The van der Waals surface area contributed by atoms with Crippen LogP contribution < -0.4 is 5.73 Å². The summed E-state index contributed by atoms with van der Waals surface area (Å²) in [6, 6.07) is 5.71. The summed E-state index contributed by atoms with van der Waals surface area (Å²) >= 11 is 0. The van der Waals surface area contributed by atoms with E-state index in [9.17, 15) is 9.59 Å². The molecule has 104 valence electrons. The lowest BCUT2D eigenvalue weighted by atomic mass is 10.0. The molecule has 0 spiro atoms. The number of aliphatic carboxylic acids is 1. The number of carboxylic acids is 1. The Balaban J connectivity index is 2.56. The first-order valence-electron chi connectivity index (χ1n) is 6.29. The third-order valence-corrected chi connectivity index (χ3v) is 2.69. The summed E-state index contributed by atoms with van der Waals surface area (Å²) in [5.41, 5.74) is 6.68. The van der Waals surface area contributed by atoms with Crippen molar-refractivity contribution in [3.8, 4) is 0 Å². The number of benzene rings is 1. The van der Waals surface area contributed by atoms with Gasteiger partial charge >= 0.3 is 11.9 Å². The molecule has 1 aromatic rings. The molecule has 0 aromatic heterocycles. The van der Waals surface area contributed by atoms with Gasteiger partial charge in [0.15, 0.2) is 0 Å². The molecule has 1 atom stereocenters. The van der Waals surface area contributed by atoms with Crippen LogP contribution in [0.15, 0.2) is 24.3 Å². The van der Waals surface area contributed by atoms with Crippen LogP contribution in [0, 0.1) is 0 Å². The van der Waals surface area contributed by atoms with Gasteiger partial charge in [0.05, 0.1) is 12.2 Å². The summed E-state index contributed by atoms with van der Waals surface area (Å²) in [5.74, 6) is -1.40. The van der Waals surface area contributed by atoms with Crippen LogP contribution in [-0.4, -0.2) is 29.7 Å². The highest BCUT2D eigenvalue weighted by atomic mass is 16.5. The summed E-state index contributed by atoms with van der Waals surface area (Å²) in [6.45, 7) is 2.44. The van der Waals surface area contributed by atoms with Crippen LogP contribution in [0.4, 0.5) is 0 Å². The largest absolute Gasteiger partial charge is 0.480 e. The van der Waals surface area contributed by atoms with Gasteiger partial charge in [-0.05, 0) is 30.5 Å². The molecule has 5 nitrogen and oxygen atoms in total. The molecule has 0 saturated heterocycles. The number of carbonyl (C=O) groups excluding carboxylic acids is 1. The minimum atomic E-state index is -1.04. The van der Waals surface area contributed by atoms with Gasteiger partial charge in [-0.3, -0.25) is 4.79 Å². The van der Waals surface area contributed by atoms with Gasteiger partial charge in [0.1, 0.15) is 6.04 Å². The van der Waals surface area contributed by atoms with Crippen molar-refractivity contribution < 1.29 is 19.4 Å². The number of nitrogens with two attached hydrogens (primary N) is 1. The van der Waals surface area contributed by atoms with Crippen molar-refractivity contribution in [2.45, 2.75) is 32.2 Å². The minimum Gasteiger partial charge on any atom is -0.480 e. The molecule has 3 N–H and O–H groups in total. The van der Waals surface area contributed by atoms with E-state index < -0.39 is 12.0 Å². The Morgan fingerprint density at radius 2 is 1.95 bits per heavy atom. The van der Waals surface area contributed by atoms with E-state index in [-0.39, 0.29) is 12.4 Å². The molecule has 5 heteroatoms. The van der Waals surface area contributed by atoms with Gasteiger partial charge in [0.25, 0.3) is 0 Å². The molecule has 0 fully saturated rings. The molecule has 1 rings (SSSR count). The third kappa shape index (κ3) is 5.09. The lowest BCUT2D eigenvalue weighted by Gasteiger charge is -2.07. The van der Waals surface area contributed by atoms with Crippen molar-refractivity contribution in [2.24, 2.45) is 5.73 Å². The van der Waals surface area contributed by atoms with Gasteiger partial charge in [0, 0.05) is 0 Å². The standard InChI is InChI=1S/C14H19NO4/c1-2-3-8-19-14(18)11-6-4-10(5-7-11)9-12(15)13(16)17/h4-7,12H,2-3,8-9,15H2,1H3,(H,16,17)/t12-/m0/s1. The number of hydrogen-bond donors (Lipinski definition) is 2. The third-order valence-electron chi connectivity index (χ3n) is 2.69. The first-order valence-corrected chi connectivity index (χ1v) is 6.29. The number of ether oxygens (including phenoxy) is 1. The van der Waals surface area contributed by atoms with E-state index in [4.69, 9.17) is 15.6 Å². The van der Waals surface area contributed by atoms with Gasteiger partial charge in [-0.2, -0.15) is 0 Å². The molecule has 0 aliphatic carbocycles. The zero-order valence-electron chi connectivity index (χ0n) is 11.0. The smallest absolute Gasteiger partial charge is 0.338 e. The Morgan fingerprint density at radius 1 is 1.32 bits per heavy atom. The van der Waals surface area contributed by atoms with Crippen molar-refractivity contribution in [1.82, 2.24) is 0 Å². The number of esters is 1. The van der Waals surface area contributed by atoms with E-state index in [1.165, 1.54) is 0 Å². The van der Waals surface area contributed by atoms with Gasteiger partial charge in [-0.15, -0.1) is 0 Å². The predicted octanol–water partition coefficient (Wildman–Crippen LogP) is 1.60. The number of carbonyl (C=O) groups is 2. The Kier molecular flexibility index (Phi) is 6.02. The van der Waals surface area contributed by atoms with Crippen LogP contribution in [0.5, 0.6) is 0 Å². The van der Waals surface area contributed by atoms with E-state index in [1.54, 1.807) is 24.3 Å². The number of carboxylic acid groups (broad SMARTS) is 1. The van der Waals surface area contributed by atoms with E-state index in [2.05, 4.69) is 0 Å². The van der Waals surface area contributed by atoms with Crippen LogP contribution in [-0.2, 0) is 16.0 Å². The predicted molar refractivity (Wildman–Crippen MR) is 70.9 cm³/mol. The van der Waals surface area contributed by atoms with Crippen LogP contribution in [0.25, 0.3) is 0 Å². The molecule has 0 heterocycles. The topological polar surface area (TPSA) is 89.6 Å². The molecular weight excluding hydrogens is 246 g/mol. The summed E-state index contributed by atoms with van der Waals surface area (Å²) < 4.78 is 5.07. The van der Waals surface area contributed by atoms with Crippen molar-refractivity contribution in [2.75, 3.05) is 6.61 Å². The maximum absolute atomic E-state index is 11.6. The van der Waals surface area contributed by atoms with Crippen molar-refractivity contribution in [3.63, 3.8) is 0 Å². The van der Waals surface area contributed by atoms with Gasteiger partial charge in [-0.25, -0.2) is 4.79 Å². The van der Waals surface area contributed by atoms with Crippen LogP contribution >= 0.6 is 0 Å². The summed E-state index contributed by atoms with van der Waals surface area (Å²) in [4.78, 5) is 22.2. The monoisotopic (exact) mass is 265 g/mol. The first-order chi connectivity index (χ1) is 9.04. The van der Waals surface area contributed by atoms with E-state index in [0.29, 0.717) is 12.2 Å². The highest BCUT2D eigenvalue weighted by molar-refractivity contribution is 5.89. The minimum absolute atomic E-state index is 0.237. The van der Waals surface area contributed by atoms with Gasteiger partial charge in [-0.1, -0.05) is 25.5 Å². The Labute approximate surface area is 112 Å². The SMILES string of the molecule is CCCCOC(=O)c1ccc(C[C@H](N)C(=O)O)cc1. The fourth-order valence-corrected chi connectivity index (χ4v) is 1.51. The summed E-state index contributed by atoms with van der Waals surface area (Å²) in [7, 11) is 0. The fraction of sp³-hybridized carbons (Fsp3) is 0.429. The highest BCUT2D eigenvalue weighted by Crippen LogP contribution is 2.08. The highest BCUT2D eigenvalue weighted by Gasteiger charge is 2.12. The zero-order valence-corrected chi connectivity index (χ0v) is 11.0. The number of rotatable bonds is 7. The van der Waals surface area contributed by atoms with Crippen LogP contribution in [0.2, 0.25) is 0 Å². The molecule has 0 aliphatic heterocycles. The van der Waals surface area contributed by atoms with E-state index >= 15 is 0 Å². The second-order valence-electron chi connectivity index (χ2n) is 4.34. The number of unbranched alkanes of at least 4 members (excludes halogenated alkanes) is 1. The van der Waals surface area contributed by atoms with Crippen molar-refractivity contribution in [3.05, 3.63) is 35.4 Å². The van der Waals surface area contributed by atoms with Crippen molar-refractivity contribution in [1.29, 1.82) is 0 Å². The molecular formula is C14H19NO4. The summed E-state index contributed by atoms with van der Waals surface area (Å²) in [6.07, 6.45) is 2.05. The molecule has 0 bridgehead atoms. The Bertz CT molecular complexity index is 428. The van der Waals surface area contributed by atoms with E-state index in [1.807, 2.05) is 6.92 Å². The average molecular weight is 265 g/mol. The molecule has 1 aromatic carbocycles. The summed E-state index contributed by atoms with van der Waals surface area (Å²) in [5, 5.41) is 8.71. The molecule has 0 radical (unpaired) electrons. The zero-order chi connectivity index (χ0) is 14.3. The molecule has 0 unspecified atom stereocenters. The van der Waals surface area contributed by atoms with Gasteiger partial charge < -0.3 is 15.6 Å². The molecule has 0 saturated carbocycles. The maximum atomic E-state index is 11.6. The first kappa shape index (κ1) is 15.2. The molecule has 0 amide bonds. The average Bonchev–Trinajstić information content (AvgIpc) is 2.39. The Hall–Kier alpha value is -1.88.